The first kappa shape index (κ1) is 22.4. The van der Waals surface area contributed by atoms with Crippen molar-refractivity contribution in [3.63, 3.8) is 0 Å². The third-order valence-corrected chi connectivity index (χ3v) is 4.24. The quantitative estimate of drug-likeness (QED) is 0.310. The third-order valence-electron chi connectivity index (χ3n) is 4.24. The Morgan fingerprint density at radius 1 is 1.15 bits per heavy atom. The van der Waals surface area contributed by atoms with Gasteiger partial charge in [-0.3, -0.25) is 19.2 Å². The Morgan fingerprint density at radius 3 is 2.30 bits per heavy atom. The molecule has 0 aromatic heterocycles. The number of aliphatic carboxylic acids is 2. The van der Waals surface area contributed by atoms with Crippen molar-refractivity contribution in [2.75, 3.05) is 6.54 Å². The molecule has 0 aliphatic carbocycles. The van der Waals surface area contributed by atoms with E-state index in [1.54, 1.807) is 0 Å². The molecule has 1 aliphatic heterocycles. The van der Waals surface area contributed by atoms with Gasteiger partial charge in [0.2, 0.25) is 17.7 Å². The normalized spacial score (nSPS) is 19.7. The summed E-state index contributed by atoms with van der Waals surface area (Å²) in [6, 6.07) is -3.91. The molecule has 1 fully saturated rings. The highest BCUT2D eigenvalue weighted by Gasteiger charge is 2.37. The number of amides is 3. The molecule has 0 saturated carbocycles. The predicted octanol–water partition coefficient (Wildman–Crippen LogP) is -1.74. The predicted molar refractivity (Wildman–Crippen MR) is 92.4 cm³/mol. The Morgan fingerprint density at radius 2 is 1.78 bits per heavy atom. The molecule has 1 aliphatic rings. The zero-order valence-corrected chi connectivity index (χ0v) is 15.3. The highest BCUT2D eigenvalue weighted by atomic mass is 16.4. The van der Waals surface area contributed by atoms with Crippen molar-refractivity contribution >= 4 is 29.7 Å². The first-order chi connectivity index (χ1) is 12.5. The van der Waals surface area contributed by atoms with E-state index in [4.69, 9.17) is 15.9 Å². The second-order valence-corrected chi connectivity index (χ2v) is 6.54. The number of carbonyl (C=O) groups is 5. The number of hydrogen-bond acceptors (Lipinski definition) is 6. The monoisotopic (exact) mass is 386 g/mol. The molecule has 1 rings (SSSR count). The Labute approximate surface area is 156 Å². The van der Waals surface area contributed by atoms with Gasteiger partial charge in [-0.15, -0.1) is 0 Å². The lowest BCUT2D eigenvalue weighted by molar-refractivity contribution is -0.145. The zero-order valence-electron chi connectivity index (χ0n) is 15.3. The summed E-state index contributed by atoms with van der Waals surface area (Å²) in [6.45, 7) is 3.24. The number of carbonyl (C=O) groups excluding carboxylic acids is 3. The van der Waals surface area contributed by atoms with Gasteiger partial charge < -0.3 is 31.5 Å². The lowest BCUT2D eigenvalue weighted by Crippen LogP contribution is -2.55. The van der Waals surface area contributed by atoms with E-state index < -0.39 is 60.2 Å². The number of nitrogens with two attached hydrogens (primary N) is 1. The Hall–Kier alpha value is -2.69. The molecule has 4 atom stereocenters. The molecule has 1 heterocycles. The summed E-state index contributed by atoms with van der Waals surface area (Å²) in [7, 11) is 0. The van der Waals surface area contributed by atoms with Crippen LogP contribution in [-0.2, 0) is 24.0 Å². The lowest BCUT2D eigenvalue weighted by Gasteiger charge is -2.28. The molecular weight excluding hydrogens is 360 g/mol. The fraction of sp³-hybridized carbons (Fsp3) is 0.688. The summed E-state index contributed by atoms with van der Waals surface area (Å²) in [5, 5.41) is 22.6. The molecule has 0 aromatic carbocycles. The van der Waals surface area contributed by atoms with Crippen LogP contribution >= 0.6 is 0 Å². The minimum absolute atomic E-state index is 0.266. The van der Waals surface area contributed by atoms with Crippen molar-refractivity contribution in [3.05, 3.63) is 0 Å². The topological polar surface area (TPSA) is 179 Å². The third kappa shape index (κ3) is 6.51. The first-order valence-corrected chi connectivity index (χ1v) is 8.66. The lowest BCUT2D eigenvalue weighted by atomic mass is 10.1. The van der Waals surface area contributed by atoms with Crippen molar-refractivity contribution in [1.29, 1.82) is 0 Å². The minimum Gasteiger partial charge on any atom is -0.481 e. The number of nitrogens with zero attached hydrogens (tertiary/aromatic N) is 1. The highest BCUT2D eigenvalue weighted by Crippen LogP contribution is 2.19. The van der Waals surface area contributed by atoms with Crippen LogP contribution < -0.4 is 16.4 Å². The van der Waals surface area contributed by atoms with Crippen LogP contribution in [0.2, 0.25) is 0 Å². The van der Waals surface area contributed by atoms with E-state index in [9.17, 15) is 24.0 Å². The van der Waals surface area contributed by atoms with Crippen LogP contribution in [0.3, 0.4) is 0 Å². The largest absolute Gasteiger partial charge is 0.481 e. The van der Waals surface area contributed by atoms with Gasteiger partial charge in [-0.1, -0.05) is 0 Å². The molecule has 0 bridgehead atoms. The van der Waals surface area contributed by atoms with Gasteiger partial charge >= 0.3 is 11.9 Å². The number of likely N-dealkylation sites (tertiary alicyclic amines) is 1. The van der Waals surface area contributed by atoms with Crippen LogP contribution in [-0.4, -0.2) is 75.5 Å². The summed E-state index contributed by atoms with van der Waals surface area (Å²) in [6.07, 6.45) is 0.213. The molecule has 1 saturated heterocycles. The van der Waals surface area contributed by atoms with Gasteiger partial charge in [0.25, 0.3) is 0 Å². The van der Waals surface area contributed by atoms with E-state index in [2.05, 4.69) is 10.6 Å². The van der Waals surface area contributed by atoms with Gasteiger partial charge in [-0.25, -0.2) is 4.79 Å². The van der Waals surface area contributed by atoms with E-state index in [1.807, 2.05) is 0 Å². The van der Waals surface area contributed by atoms with Crippen molar-refractivity contribution in [2.45, 2.75) is 63.7 Å². The number of nitrogens with one attached hydrogen (secondary N) is 2. The SMILES string of the molecule is C[C@H](N)C(=O)N[C@@H](C)C(=O)N1CCC[C@H]1C(=O)N[C@@H](CCC(=O)O)C(=O)O. The number of carboxylic acid groups (broad SMARTS) is 2. The second-order valence-electron chi connectivity index (χ2n) is 6.54. The average Bonchev–Trinajstić information content (AvgIpc) is 3.06. The smallest absolute Gasteiger partial charge is 0.326 e. The Bertz CT molecular complexity index is 608. The number of hydrogen-bond donors (Lipinski definition) is 5. The molecule has 11 nitrogen and oxygen atoms in total. The van der Waals surface area contributed by atoms with Crippen LogP contribution in [0.5, 0.6) is 0 Å². The molecule has 0 spiro atoms. The van der Waals surface area contributed by atoms with Crippen LogP contribution in [0.4, 0.5) is 0 Å². The fourth-order valence-corrected chi connectivity index (χ4v) is 2.75. The molecule has 152 valence electrons. The van der Waals surface area contributed by atoms with Crippen LogP contribution in [0.1, 0.15) is 39.5 Å². The van der Waals surface area contributed by atoms with Crippen molar-refractivity contribution in [3.8, 4) is 0 Å². The maximum atomic E-state index is 12.5. The molecule has 27 heavy (non-hydrogen) atoms. The van der Waals surface area contributed by atoms with E-state index in [0.29, 0.717) is 19.4 Å². The van der Waals surface area contributed by atoms with Crippen molar-refractivity contribution in [2.24, 2.45) is 5.73 Å². The first-order valence-electron chi connectivity index (χ1n) is 8.66. The van der Waals surface area contributed by atoms with E-state index in [-0.39, 0.29) is 6.42 Å². The fourth-order valence-electron chi connectivity index (χ4n) is 2.75. The summed E-state index contributed by atoms with van der Waals surface area (Å²) < 4.78 is 0. The van der Waals surface area contributed by atoms with Crippen LogP contribution in [0.15, 0.2) is 0 Å². The van der Waals surface area contributed by atoms with Gasteiger partial charge in [0, 0.05) is 13.0 Å². The summed E-state index contributed by atoms with van der Waals surface area (Å²) in [4.78, 5) is 59.8. The van der Waals surface area contributed by atoms with E-state index in [0.717, 1.165) is 0 Å². The minimum atomic E-state index is -1.36. The standard InChI is InChI=1S/C16H26N4O7/c1-8(17)13(23)18-9(2)15(25)20-7-3-4-11(20)14(24)19-10(16(26)27)5-6-12(21)22/h8-11H,3-7,17H2,1-2H3,(H,18,23)(H,19,24)(H,21,22)(H,26,27)/t8-,9-,10-,11-/m0/s1. The average molecular weight is 386 g/mol. The van der Waals surface area contributed by atoms with E-state index >= 15 is 0 Å². The van der Waals surface area contributed by atoms with Gasteiger partial charge in [0.05, 0.1) is 6.04 Å². The Kier molecular flexibility index (Phi) is 8.16. The molecule has 0 aromatic rings. The molecule has 11 heteroatoms. The second kappa shape index (κ2) is 9.86. The highest BCUT2D eigenvalue weighted by molar-refractivity contribution is 5.94. The van der Waals surface area contributed by atoms with Crippen molar-refractivity contribution in [1.82, 2.24) is 15.5 Å². The maximum Gasteiger partial charge on any atom is 0.326 e. The van der Waals surface area contributed by atoms with Gasteiger partial charge in [0.1, 0.15) is 18.1 Å². The summed E-state index contributed by atoms with van der Waals surface area (Å²) >= 11 is 0. The van der Waals surface area contributed by atoms with Crippen LogP contribution in [0.25, 0.3) is 0 Å². The van der Waals surface area contributed by atoms with E-state index in [1.165, 1.54) is 18.7 Å². The molecular formula is C16H26N4O7. The maximum absolute atomic E-state index is 12.5. The zero-order chi connectivity index (χ0) is 20.7. The summed E-state index contributed by atoms with van der Waals surface area (Å²) in [5.74, 6) is -4.16. The van der Waals surface area contributed by atoms with Gasteiger partial charge in [-0.05, 0) is 33.1 Å². The van der Waals surface area contributed by atoms with Crippen molar-refractivity contribution < 1.29 is 34.2 Å². The number of rotatable bonds is 9. The summed E-state index contributed by atoms with van der Waals surface area (Å²) in [5.41, 5.74) is 5.45. The Balaban J connectivity index is 2.75. The van der Waals surface area contributed by atoms with Crippen LogP contribution in [0, 0.1) is 0 Å². The van der Waals surface area contributed by atoms with Gasteiger partial charge in [-0.2, -0.15) is 0 Å². The molecule has 3 amide bonds. The van der Waals surface area contributed by atoms with Gasteiger partial charge in [0.15, 0.2) is 0 Å². The molecule has 0 radical (unpaired) electrons. The molecule has 0 unspecified atom stereocenters. The molecule has 6 N–H and O–H groups in total. The number of carboxylic acids is 2.